The molecule has 1 aliphatic rings. The lowest BCUT2D eigenvalue weighted by Gasteiger charge is -2.32. The Bertz CT molecular complexity index is 801. The van der Waals surface area contributed by atoms with E-state index in [0.29, 0.717) is 50.6 Å². The molecular weight excluding hydrogens is 361 g/mol. The Balaban J connectivity index is 1.46. The molecule has 0 unspecified atom stereocenters. The van der Waals surface area contributed by atoms with Crippen molar-refractivity contribution in [2.24, 2.45) is 0 Å². The lowest BCUT2D eigenvalue weighted by molar-refractivity contribution is -0.895. The average Bonchev–Trinajstić information content (AvgIpc) is 2.71. The van der Waals surface area contributed by atoms with Crippen molar-refractivity contribution in [2.45, 2.75) is 6.61 Å². The summed E-state index contributed by atoms with van der Waals surface area (Å²) in [6.45, 7) is 3.49. The second-order valence-electron chi connectivity index (χ2n) is 6.90. The molecule has 2 aromatic carbocycles. The van der Waals surface area contributed by atoms with Crippen molar-refractivity contribution in [3.63, 3.8) is 0 Å². The van der Waals surface area contributed by atoms with Gasteiger partial charge in [-0.15, -0.1) is 0 Å². The minimum absolute atomic E-state index is 0.0128. The molecule has 2 aromatic rings. The van der Waals surface area contributed by atoms with Gasteiger partial charge in [0.1, 0.15) is 5.82 Å². The molecule has 28 heavy (non-hydrogen) atoms. The smallest absolute Gasteiger partial charge is 0.279 e. The van der Waals surface area contributed by atoms with Gasteiger partial charge in [-0.3, -0.25) is 9.59 Å². The number of piperazine rings is 1. The fourth-order valence-corrected chi connectivity index (χ4v) is 3.26. The number of halogens is 1. The topological polar surface area (TPSA) is 63.1 Å². The van der Waals surface area contributed by atoms with Crippen LogP contribution in [0.2, 0.25) is 0 Å². The number of ether oxygens (including phenoxy) is 1. The lowest BCUT2D eigenvalue weighted by atomic mass is 10.1. The van der Waals surface area contributed by atoms with E-state index in [4.69, 9.17) is 4.74 Å². The highest BCUT2D eigenvalue weighted by molar-refractivity contribution is 5.94. The monoisotopic (exact) mass is 386 g/mol. The zero-order chi connectivity index (χ0) is 19.9. The van der Waals surface area contributed by atoms with Gasteiger partial charge in [-0.1, -0.05) is 12.1 Å². The second kappa shape index (κ2) is 9.43. The molecule has 1 saturated heterocycles. The largest absolute Gasteiger partial charge is 0.380 e. The number of hydrogen-bond donors (Lipinski definition) is 2. The van der Waals surface area contributed by atoms with Gasteiger partial charge < -0.3 is 19.9 Å². The van der Waals surface area contributed by atoms with Gasteiger partial charge in [0, 0.05) is 18.4 Å². The minimum Gasteiger partial charge on any atom is -0.380 e. The first-order chi connectivity index (χ1) is 13.5. The first kappa shape index (κ1) is 20.0. The van der Waals surface area contributed by atoms with E-state index in [1.807, 2.05) is 29.2 Å². The Hall–Kier alpha value is -2.77. The summed E-state index contributed by atoms with van der Waals surface area (Å²) < 4.78 is 18.0. The van der Waals surface area contributed by atoms with Gasteiger partial charge in [0.15, 0.2) is 6.54 Å². The number of carbonyl (C=O) groups is 2. The normalized spacial score (nSPS) is 14.7. The molecule has 6 nitrogen and oxygen atoms in total. The van der Waals surface area contributed by atoms with E-state index in [1.54, 1.807) is 7.11 Å². The molecule has 0 aromatic heterocycles. The highest BCUT2D eigenvalue weighted by Gasteiger charge is 2.25. The van der Waals surface area contributed by atoms with Gasteiger partial charge in [-0.2, -0.15) is 0 Å². The Kier molecular flexibility index (Phi) is 6.73. The van der Waals surface area contributed by atoms with Gasteiger partial charge >= 0.3 is 0 Å². The summed E-state index contributed by atoms with van der Waals surface area (Å²) in [5.74, 6) is -0.438. The van der Waals surface area contributed by atoms with Crippen molar-refractivity contribution in [3.8, 4) is 0 Å². The Morgan fingerprint density at radius 2 is 1.71 bits per heavy atom. The molecule has 1 aliphatic heterocycles. The maximum atomic E-state index is 12.9. The van der Waals surface area contributed by atoms with Crippen molar-refractivity contribution < 1.29 is 23.6 Å². The Morgan fingerprint density at radius 3 is 2.32 bits per heavy atom. The summed E-state index contributed by atoms with van der Waals surface area (Å²) in [6.07, 6.45) is 0. The molecule has 2 N–H and O–H groups in total. The molecule has 3 rings (SSSR count). The van der Waals surface area contributed by atoms with E-state index in [1.165, 1.54) is 24.3 Å². The molecule has 0 atom stereocenters. The molecule has 0 radical (unpaired) electrons. The fourth-order valence-electron chi connectivity index (χ4n) is 3.26. The van der Waals surface area contributed by atoms with Crippen LogP contribution < -0.4 is 10.2 Å². The minimum atomic E-state index is -0.335. The molecule has 148 valence electrons. The van der Waals surface area contributed by atoms with Crippen LogP contribution in [0, 0.1) is 5.82 Å². The molecule has 2 amide bonds. The van der Waals surface area contributed by atoms with Crippen LogP contribution in [0.15, 0.2) is 48.5 Å². The summed E-state index contributed by atoms with van der Waals surface area (Å²) >= 11 is 0. The standard InChI is InChI=1S/C21H24FN3O3/c1-28-15-16-2-4-17(5-3-16)21(27)25-12-10-24(11-13-25)14-20(26)23-19-8-6-18(22)7-9-19/h2-9H,10-15H2,1H3,(H,23,26)/p+1. The van der Waals surface area contributed by atoms with Gasteiger partial charge in [0.05, 0.1) is 32.8 Å². The number of nitrogens with one attached hydrogen (secondary N) is 2. The summed E-state index contributed by atoms with van der Waals surface area (Å²) in [7, 11) is 1.64. The summed E-state index contributed by atoms with van der Waals surface area (Å²) in [4.78, 5) is 27.8. The van der Waals surface area contributed by atoms with Crippen LogP contribution in [0.3, 0.4) is 0 Å². The van der Waals surface area contributed by atoms with E-state index in [0.717, 1.165) is 10.5 Å². The predicted octanol–water partition coefficient (Wildman–Crippen LogP) is 0.952. The zero-order valence-corrected chi connectivity index (χ0v) is 15.9. The van der Waals surface area contributed by atoms with Crippen LogP contribution in [0.5, 0.6) is 0 Å². The van der Waals surface area contributed by atoms with Crippen LogP contribution in [0.1, 0.15) is 15.9 Å². The molecule has 0 saturated carbocycles. The fraction of sp³-hybridized carbons (Fsp3) is 0.333. The van der Waals surface area contributed by atoms with Crippen molar-refractivity contribution in [1.82, 2.24) is 4.90 Å². The predicted molar refractivity (Wildman–Crippen MR) is 104 cm³/mol. The van der Waals surface area contributed by atoms with Crippen molar-refractivity contribution in [3.05, 3.63) is 65.5 Å². The number of methoxy groups -OCH3 is 1. The molecule has 1 fully saturated rings. The molecule has 7 heteroatoms. The maximum Gasteiger partial charge on any atom is 0.279 e. The van der Waals surface area contributed by atoms with E-state index >= 15 is 0 Å². The number of amides is 2. The van der Waals surface area contributed by atoms with Gasteiger partial charge in [-0.25, -0.2) is 4.39 Å². The third-order valence-corrected chi connectivity index (χ3v) is 4.81. The lowest BCUT2D eigenvalue weighted by Crippen LogP contribution is -3.15. The number of nitrogens with zero attached hydrogens (tertiary/aromatic N) is 1. The summed E-state index contributed by atoms with van der Waals surface area (Å²) in [5.41, 5.74) is 2.27. The number of carbonyl (C=O) groups excluding carboxylic acids is 2. The second-order valence-corrected chi connectivity index (χ2v) is 6.90. The first-order valence-corrected chi connectivity index (χ1v) is 9.31. The van der Waals surface area contributed by atoms with E-state index in [9.17, 15) is 14.0 Å². The van der Waals surface area contributed by atoms with Crippen molar-refractivity contribution in [1.29, 1.82) is 0 Å². The molecule has 1 heterocycles. The molecular formula is C21H25FN3O3+. The van der Waals surface area contributed by atoms with E-state index in [2.05, 4.69) is 5.32 Å². The molecule has 0 aliphatic carbocycles. The third-order valence-electron chi connectivity index (χ3n) is 4.81. The summed E-state index contributed by atoms with van der Waals surface area (Å²) in [5, 5.41) is 2.77. The number of rotatable bonds is 6. The van der Waals surface area contributed by atoms with E-state index < -0.39 is 0 Å². The van der Waals surface area contributed by atoms with Gasteiger partial charge in [0.25, 0.3) is 11.8 Å². The van der Waals surface area contributed by atoms with Gasteiger partial charge in [-0.05, 0) is 42.0 Å². The number of anilines is 1. The quantitative estimate of drug-likeness (QED) is 0.777. The first-order valence-electron chi connectivity index (χ1n) is 9.31. The Labute approximate surface area is 163 Å². The third kappa shape index (κ3) is 5.37. The van der Waals surface area contributed by atoms with Crippen LogP contribution in [0.4, 0.5) is 10.1 Å². The van der Waals surface area contributed by atoms with Crippen LogP contribution in [-0.4, -0.2) is 56.5 Å². The average molecular weight is 386 g/mol. The van der Waals surface area contributed by atoms with Crippen molar-refractivity contribution >= 4 is 17.5 Å². The Morgan fingerprint density at radius 1 is 1.07 bits per heavy atom. The summed E-state index contributed by atoms with van der Waals surface area (Å²) in [6, 6.07) is 13.2. The van der Waals surface area contributed by atoms with Crippen LogP contribution in [-0.2, 0) is 16.1 Å². The number of quaternary nitrogens is 1. The van der Waals surface area contributed by atoms with E-state index in [-0.39, 0.29) is 17.6 Å². The number of hydrogen-bond acceptors (Lipinski definition) is 3. The van der Waals surface area contributed by atoms with Crippen LogP contribution >= 0.6 is 0 Å². The zero-order valence-electron chi connectivity index (χ0n) is 15.9. The van der Waals surface area contributed by atoms with Crippen LogP contribution in [0.25, 0.3) is 0 Å². The molecule has 0 spiro atoms. The van der Waals surface area contributed by atoms with Crippen molar-refractivity contribution in [2.75, 3.05) is 45.2 Å². The highest BCUT2D eigenvalue weighted by Crippen LogP contribution is 2.09. The maximum absolute atomic E-state index is 12.9. The number of benzene rings is 2. The van der Waals surface area contributed by atoms with Gasteiger partial charge in [0.2, 0.25) is 0 Å². The highest BCUT2D eigenvalue weighted by atomic mass is 19.1. The SMILES string of the molecule is COCc1ccc(C(=O)N2CC[NH+](CC(=O)Nc3ccc(F)cc3)CC2)cc1. The molecule has 0 bridgehead atoms.